The topological polar surface area (TPSA) is 58.6 Å². The molecular weight excluding hydrogens is 172 g/mol. The highest BCUT2D eigenvalue weighted by molar-refractivity contribution is 5.87. The van der Waals surface area contributed by atoms with Gasteiger partial charge in [0.15, 0.2) is 0 Å². The molecule has 0 bridgehead atoms. The zero-order valence-corrected chi connectivity index (χ0v) is 8.03. The molecule has 1 fully saturated rings. The molecule has 1 heterocycles. The van der Waals surface area contributed by atoms with Crippen LogP contribution >= 0.6 is 0 Å². The lowest BCUT2D eigenvalue weighted by Gasteiger charge is -2.30. The maximum absolute atomic E-state index is 11.3. The second-order valence-electron chi connectivity index (χ2n) is 3.22. The van der Waals surface area contributed by atoms with E-state index in [9.17, 15) is 9.59 Å². The van der Waals surface area contributed by atoms with Crippen molar-refractivity contribution in [1.82, 2.24) is 10.4 Å². The van der Waals surface area contributed by atoms with Crippen LogP contribution in [0.5, 0.6) is 0 Å². The highest BCUT2D eigenvalue weighted by atomic mass is 16.7. The predicted octanol–water partition coefficient (Wildman–Crippen LogP) is 0.514. The van der Waals surface area contributed by atoms with Crippen molar-refractivity contribution in [1.29, 1.82) is 0 Å². The number of hydrogen-bond acceptors (Lipinski definition) is 3. The van der Waals surface area contributed by atoms with Gasteiger partial charge in [0.25, 0.3) is 0 Å². The Hall–Kier alpha value is -1.26. The summed E-state index contributed by atoms with van der Waals surface area (Å²) in [5, 5.41) is 3.48. The van der Waals surface area contributed by atoms with E-state index in [1.165, 1.54) is 7.05 Å². The summed E-state index contributed by atoms with van der Waals surface area (Å²) < 4.78 is 0. The molecule has 74 valence electrons. The summed E-state index contributed by atoms with van der Waals surface area (Å²) in [7, 11) is 1.40. The van der Waals surface area contributed by atoms with Crippen LogP contribution in [0, 0.1) is 5.92 Å². The van der Waals surface area contributed by atoms with Gasteiger partial charge in [-0.05, 0) is 5.92 Å². The first-order chi connectivity index (χ1) is 6.06. The molecule has 1 N–H and O–H groups in total. The van der Waals surface area contributed by atoms with E-state index in [0.29, 0.717) is 0 Å². The van der Waals surface area contributed by atoms with E-state index >= 15 is 0 Å². The Bertz CT molecular complexity index is 229. The molecule has 5 heteroatoms. The van der Waals surface area contributed by atoms with Gasteiger partial charge in [-0.1, -0.05) is 20.3 Å². The third kappa shape index (κ3) is 1.91. The number of hydrogen-bond donors (Lipinski definition) is 1. The van der Waals surface area contributed by atoms with Crippen molar-refractivity contribution in [2.24, 2.45) is 5.92 Å². The van der Waals surface area contributed by atoms with E-state index in [-0.39, 0.29) is 11.9 Å². The number of amides is 2. The van der Waals surface area contributed by atoms with Gasteiger partial charge in [-0.15, -0.1) is 0 Å². The Morgan fingerprint density at radius 2 is 2.23 bits per heavy atom. The van der Waals surface area contributed by atoms with Crippen LogP contribution in [0.25, 0.3) is 0 Å². The molecular formula is C8H14N2O3. The molecule has 13 heavy (non-hydrogen) atoms. The minimum absolute atomic E-state index is 0.102. The van der Waals surface area contributed by atoms with Gasteiger partial charge in [-0.25, -0.2) is 9.59 Å². The summed E-state index contributed by atoms with van der Waals surface area (Å²) in [6.45, 7) is 3.86. The number of carbonyl (C=O) groups excluding carboxylic acids is 2. The van der Waals surface area contributed by atoms with Crippen molar-refractivity contribution in [3.63, 3.8) is 0 Å². The Morgan fingerprint density at radius 1 is 1.62 bits per heavy atom. The van der Waals surface area contributed by atoms with Crippen molar-refractivity contribution >= 4 is 12.0 Å². The van der Waals surface area contributed by atoms with Crippen molar-refractivity contribution in [2.45, 2.75) is 26.3 Å². The Balaban J connectivity index is 2.66. The highest BCUT2D eigenvalue weighted by Crippen LogP contribution is 2.13. The molecule has 0 unspecified atom stereocenters. The smallest absolute Gasteiger partial charge is 0.335 e. The van der Waals surface area contributed by atoms with Gasteiger partial charge >= 0.3 is 12.0 Å². The van der Waals surface area contributed by atoms with E-state index in [2.05, 4.69) is 5.32 Å². The molecule has 5 nitrogen and oxygen atoms in total. The average Bonchev–Trinajstić information content (AvgIpc) is 2.10. The van der Waals surface area contributed by atoms with E-state index in [1.807, 2.05) is 13.8 Å². The molecule has 0 aliphatic carbocycles. The van der Waals surface area contributed by atoms with Gasteiger partial charge in [0.1, 0.15) is 6.04 Å². The summed E-state index contributed by atoms with van der Waals surface area (Å²) in [4.78, 5) is 27.1. The molecule has 0 saturated carbocycles. The lowest BCUT2D eigenvalue weighted by atomic mass is 9.99. The minimum atomic E-state index is -0.506. The van der Waals surface area contributed by atoms with Crippen molar-refractivity contribution in [3.8, 4) is 0 Å². The van der Waals surface area contributed by atoms with E-state index < -0.39 is 12.0 Å². The Labute approximate surface area is 77.0 Å². The lowest BCUT2D eigenvalue weighted by molar-refractivity contribution is -0.182. The number of rotatable bonds is 2. The zero-order valence-electron chi connectivity index (χ0n) is 8.03. The molecule has 0 spiro atoms. The molecule has 0 aromatic rings. The average molecular weight is 186 g/mol. The third-order valence-electron chi connectivity index (χ3n) is 2.26. The number of urea groups is 1. The van der Waals surface area contributed by atoms with Crippen LogP contribution in [0.3, 0.4) is 0 Å². The van der Waals surface area contributed by atoms with Gasteiger partial charge in [0.05, 0.1) is 7.05 Å². The molecule has 0 radical (unpaired) electrons. The van der Waals surface area contributed by atoms with Crippen molar-refractivity contribution in [3.05, 3.63) is 0 Å². The molecule has 2 atom stereocenters. The number of hydroxylamine groups is 2. The van der Waals surface area contributed by atoms with Gasteiger partial charge in [-0.2, -0.15) is 5.06 Å². The van der Waals surface area contributed by atoms with Crippen molar-refractivity contribution in [2.75, 3.05) is 7.05 Å². The van der Waals surface area contributed by atoms with Gasteiger partial charge < -0.3 is 10.2 Å². The SMILES string of the molecule is CC[C@@H](C)[C@@H]1NC(=O)N(C)OC1=O. The molecule has 1 saturated heterocycles. The molecule has 1 aliphatic rings. The first-order valence-electron chi connectivity index (χ1n) is 4.32. The van der Waals surface area contributed by atoms with Crippen LogP contribution in [0.4, 0.5) is 4.79 Å². The summed E-state index contributed by atoms with van der Waals surface area (Å²) in [5.74, 6) is -0.290. The summed E-state index contributed by atoms with van der Waals surface area (Å²) >= 11 is 0. The minimum Gasteiger partial charge on any atom is -0.335 e. The molecule has 0 aromatic carbocycles. The fourth-order valence-corrected chi connectivity index (χ4v) is 1.13. The quantitative estimate of drug-likeness (QED) is 0.683. The largest absolute Gasteiger partial charge is 0.354 e. The number of nitrogens with zero attached hydrogens (tertiary/aromatic N) is 1. The maximum Gasteiger partial charge on any atom is 0.354 e. The van der Waals surface area contributed by atoms with Crippen LogP contribution < -0.4 is 5.32 Å². The Kier molecular flexibility index (Phi) is 2.75. The van der Waals surface area contributed by atoms with Crippen LogP contribution in [-0.2, 0) is 9.63 Å². The number of nitrogens with one attached hydrogen (secondary N) is 1. The molecule has 0 aromatic heterocycles. The van der Waals surface area contributed by atoms with Crippen molar-refractivity contribution < 1.29 is 14.4 Å². The van der Waals surface area contributed by atoms with E-state index in [1.54, 1.807) is 0 Å². The molecule has 1 aliphatic heterocycles. The second kappa shape index (κ2) is 3.64. The van der Waals surface area contributed by atoms with Gasteiger partial charge in [0, 0.05) is 0 Å². The summed E-state index contributed by atoms with van der Waals surface area (Å²) in [6.07, 6.45) is 0.823. The second-order valence-corrected chi connectivity index (χ2v) is 3.22. The third-order valence-corrected chi connectivity index (χ3v) is 2.26. The fourth-order valence-electron chi connectivity index (χ4n) is 1.13. The van der Waals surface area contributed by atoms with Crippen LogP contribution in [-0.4, -0.2) is 30.2 Å². The lowest BCUT2D eigenvalue weighted by Crippen LogP contribution is -2.56. The van der Waals surface area contributed by atoms with Crippen LogP contribution in [0.15, 0.2) is 0 Å². The predicted molar refractivity (Wildman–Crippen MR) is 45.6 cm³/mol. The first kappa shape index (κ1) is 9.83. The molecule has 2 amide bonds. The molecule has 1 rings (SSSR count). The van der Waals surface area contributed by atoms with E-state index in [4.69, 9.17) is 4.84 Å². The first-order valence-corrected chi connectivity index (χ1v) is 4.32. The standard InChI is InChI=1S/C8H14N2O3/c1-4-5(2)6-7(11)13-10(3)8(12)9-6/h5-6H,4H2,1-3H3,(H,9,12)/t5-,6+/m1/s1. The van der Waals surface area contributed by atoms with Gasteiger partial charge in [0.2, 0.25) is 0 Å². The van der Waals surface area contributed by atoms with Crippen LogP contribution in [0.1, 0.15) is 20.3 Å². The maximum atomic E-state index is 11.3. The Morgan fingerprint density at radius 3 is 2.77 bits per heavy atom. The zero-order chi connectivity index (χ0) is 10.0. The normalized spacial score (nSPS) is 25.2. The van der Waals surface area contributed by atoms with E-state index in [0.717, 1.165) is 11.5 Å². The highest BCUT2D eigenvalue weighted by Gasteiger charge is 2.34. The summed E-state index contributed by atoms with van der Waals surface area (Å²) in [6, 6.07) is -0.876. The van der Waals surface area contributed by atoms with Gasteiger partial charge in [-0.3, -0.25) is 0 Å². The monoisotopic (exact) mass is 186 g/mol. The van der Waals surface area contributed by atoms with Crippen LogP contribution in [0.2, 0.25) is 0 Å². The fraction of sp³-hybridized carbons (Fsp3) is 0.750. The summed E-state index contributed by atoms with van der Waals surface area (Å²) in [5.41, 5.74) is 0. The number of carbonyl (C=O) groups is 2.